The van der Waals surface area contributed by atoms with E-state index in [-0.39, 0.29) is 0 Å². The van der Waals surface area contributed by atoms with Crippen molar-refractivity contribution in [1.29, 1.82) is 0 Å². The second kappa shape index (κ2) is 6.91. The summed E-state index contributed by atoms with van der Waals surface area (Å²) in [6.45, 7) is 0.570. The molecule has 3 rings (SSSR count). The summed E-state index contributed by atoms with van der Waals surface area (Å²) in [5, 5.41) is 6.84. The van der Waals surface area contributed by atoms with E-state index in [1.807, 2.05) is 42.5 Å². The van der Waals surface area contributed by atoms with E-state index < -0.39 is 0 Å². The molecule has 0 bridgehead atoms. The highest BCUT2D eigenvalue weighted by Gasteiger charge is 2.01. The molecule has 0 atom stereocenters. The molecule has 0 saturated heterocycles. The van der Waals surface area contributed by atoms with Crippen molar-refractivity contribution in [3.63, 3.8) is 0 Å². The molecule has 0 radical (unpaired) electrons. The lowest BCUT2D eigenvalue weighted by Gasteiger charge is -2.10. The van der Waals surface area contributed by atoms with E-state index in [0.717, 1.165) is 11.4 Å². The van der Waals surface area contributed by atoms with Crippen LogP contribution in [0.3, 0.4) is 0 Å². The monoisotopic (exact) mass is 308 g/mol. The fraction of sp³-hybridized carbons (Fsp3) is 0.0556. The Balaban J connectivity index is 1.58. The van der Waals surface area contributed by atoms with Crippen LogP contribution in [0.4, 0.5) is 5.69 Å². The summed E-state index contributed by atoms with van der Waals surface area (Å²) in [6.07, 6.45) is 1.65. The van der Waals surface area contributed by atoms with E-state index >= 15 is 0 Å². The van der Waals surface area contributed by atoms with Crippen LogP contribution in [0, 0.1) is 0 Å². The highest BCUT2D eigenvalue weighted by atomic mass is 32.1. The van der Waals surface area contributed by atoms with Crippen LogP contribution in [0.1, 0.15) is 5.76 Å². The van der Waals surface area contributed by atoms with Gasteiger partial charge >= 0.3 is 0 Å². The molecule has 0 unspecified atom stereocenters. The van der Waals surface area contributed by atoms with Crippen LogP contribution in [-0.2, 0) is 6.54 Å². The van der Waals surface area contributed by atoms with Gasteiger partial charge in [0, 0.05) is 5.69 Å². The van der Waals surface area contributed by atoms with Gasteiger partial charge in [-0.3, -0.25) is 0 Å². The molecule has 22 heavy (non-hydrogen) atoms. The van der Waals surface area contributed by atoms with Crippen LogP contribution in [0.2, 0.25) is 0 Å². The van der Waals surface area contributed by atoms with Crippen LogP contribution < -0.4 is 10.6 Å². The Morgan fingerprint density at radius 3 is 2.27 bits per heavy atom. The maximum atomic E-state index is 5.27. The van der Waals surface area contributed by atoms with Crippen molar-refractivity contribution in [3.8, 4) is 11.1 Å². The molecule has 2 aromatic carbocycles. The van der Waals surface area contributed by atoms with Crippen molar-refractivity contribution in [2.45, 2.75) is 6.54 Å². The zero-order chi connectivity index (χ0) is 15.2. The molecule has 1 aromatic heterocycles. The van der Waals surface area contributed by atoms with Crippen molar-refractivity contribution < 1.29 is 4.42 Å². The summed E-state index contributed by atoms with van der Waals surface area (Å²) in [5.74, 6) is 0.851. The number of benzene rings is 2. The van der Waals surface area contributed by atoms with Gasteiger partial charge in [-0.25, -0.2) is 0 Å². The Kier molecular flexibility index (Phi) is 4.51. The van der Waals surface area contributed by atoms with Crippen molar-refractivity contribution in [2.24, 2.45) is 0 Å². The lowest BCUT2D eigenvalue weighted by atomic mass is 10.1. The van der Waals surface area contributed by atoms with Crippen molar-refractivity contribution >= 4 is 23.0 Å². The normalized spacial score (nSPS) is 10.2. The molecule has 2 N–H and O–H groups in total. The third-order valence-corrected chi connectivity index (χ3v) is 3.50. The number of furan rings is 1. The largest absolute Gasteiger partial charge is 0.467 e. The fourth-order valence-electron chi connectivity index (χ4n) is 2.13. The molecule has 0 aliphatic carbocycles. The lowest BCUT2D eigenvalue weighted by Crippen LogP contribution is -2.27. The predicted molar refractivity (Wildman–Crippen MR) is 93.6 cm³/mol. The average Bonchev–Trinajstić information content (AvgIpc) is 3.08. The van der Waals surface area contributed by atoms with Crippen molar-refractivity contribution in [2.75, 3.05) is 5.32 Å². The molecule has 0 fully saturated rings. The van der Waals surface area contributed by atoms with Gasteiger partial charge in [0.15, 0.2) is 5.11 Å². The number of thiocarbonyl (C=S) groups is 1. The Morgan fingerprint density at radius 1 is 0.864 bits per heavy atom. The van der Waals surface area contributed by atoms with E-state index in [1.54, 1.807) is 6.26 Å². The number of nitrogens with one attached hydrogen (secondary N) is 2. The molecule has 0 amide bonds. The predicted octanol–water partition coefficient (Wildman–Crippen LogP) is 4.43. The van der Waals surface area contributed by atoms with E-state index in [0.29, 0.717) is 11.7 Å². The van der Waals surface area contributed by atoms with E-state index in [9.17, 15) is 0 Å². The quantitative estimate of drug-likeness (QED) is 0.699. The summed E-state index contributed by atoms with van der Waals surface area (Å²) in [7, 11) is 0. The molecule has 4 heteroatoms. The summed E-state index contributed by atoms with van der Waals surface area (Å²) in [5.41, 5.74) is 3.34. The Bertz CT molecular complexity index is 722. The molecule has 3 nitrogen and oxygen atoms in total. The molecular formula is C18H16N2OS. The smallest absolute Gasteiger partial charge is 0.171 e. The van der Waals surface area contributed by atoms with E-state index in [2.05, 4.69) is 34.9 Å². The highest BCUT2D eigenvalue weighted by molar-refractivity contribution is 7.80. The van der Waals surface area contributed by atoms with Gasteiger partial charge in [0.25, 0.3) is 0 Å². The number of hydrogen-bond acceptors (Lipinski definition) is 2. The van der Waals surface area contributed by atoms with Crippen molar-refractivity contribution in [3.05, 3.63) is 78.8 Å². The molecule has 3 aromatic rings. The Hall–Kier alpha value is -2.59. The minimum atomic E-state index is 0.570. The lowest BCUT2D eigenvalue weighted by molar-refractivity contribution is 0.503. The van der Waals surface area contributed by atoms with Crippen LogP contribution in [0.15, 0.2) is 77.4 Å². The van der Waals surface area contributed by atoms with Gasteiger partial charge in [-0.05, 0) is 47.6 Å². The van der Waals surface area contributed by atoms with Gasteiger partial charge in [-0.2, -0.15) is 0 Å². The summed E-state index contributed by atoms with van der Waals surface area (Å²) in [6, 6.07) is 22.2. The van der Waals surface area contributed by atoms with Gasteiger partial charge in [-0.15, -0.1) is 0 Å². The van der Waals surface area contributed by atoms with E-state index in [1.165, 1.54) is 11.1 Å². The van der Waals surface area contributed by atoms with Gasteiger partial charge in [-0.1, -0.05) is 42.5 Å². The summed E-state index contributed by atoms with van der Waals surface area (Å²) >= 11 is 5.27. The van der Waals surface area contributed by atoms with Gasteiger partial charge in [0.1, 0.15) is 5.76 Å². The molecule has 0 saturated carbocycles. The van der Waals surface area contributed by atoms with Crippen molar-refractivity contribution in [1.82, 2.24) is 5.32 Å². The maximum Gasteiger partial charge on any atom is 0.171 e. The van der Waals surface area contributed by atoms with Crippen LogP contribution >= 0.6 is 12.2 Å². The molecule has 0 aliphatic rings. The first kappa shape index (κ1) is 14.4. The average molecular weight is 308 g/mol. The minimum absolute atomic E-state index is 0.570. The van der Waals surface area contributed by atoms with Crippen LogP contribution in [0.25, 0.3) is 11.1 Å². The van der Waals surface area contributed by atoms with Gasteiger partial charge in [0.05, 0.1) is 12.8 Å². The second-order valence-electron chi connectivity index (χ2n) is 4.83. The first-order valence-electron chi connectivity index (χ1n) is 7.04. The highest BCUT2D eigenvalue weighted by Crippen LogP contribution is 2.20. The standard InChI is InChI=1S/C18H16N2OS/c22-18(19-13-17-7-4-12-21-17)20-16-10-8-15(9-11-16)14-5-2-1-3-6-14/h1-12H,13H2,(H2,19,20,22). The molecule has 110 valence electrons. The molecule has 1 heterocycles. The first-order valence-corrected chi connectivity index (χ1v) is 7.45. The summed E-state index contributed by atoms with van der Waals surface area (Å²) in [4.78, 5) is 0. The van der Waals surface area contributed by atoms with Gasteiger partial charge < -0.3 is 15.1 Å². The maximum absolute atomic E-state index is 5.27. The minimum Gasteiger partial charge on any atom is -0.467 e. The molecule has 0 spiro atoms. The van der Waals surface area contributed by atoms with E-state index in [4.69, 9.17) is 16.6 Å². The van der Waals surface area contributed by atoms with Crippen LogP contribution in [-0.4, -0.2) is 5.11 Å². The topological polar surface area (TPSA) is 37.2 Å². The number of hydrogen-bond donors (Lipinski definition) is 2. The second-order valence-corrected chi connectivity index (χ2v) is 5.24. The third kappa shape index (κ3) is 3.74. The Labute approximate surface area is 135 Å². The van der Waals surface area contributed by atoms with Gasteiger partial charge in [0.2, 0.25) is 0 Å². The molecule has 0 aliphatic heterocycles. The summed E-state index contributed by atoms with van der Waals surface area (Å²) < 4.78 is 5.25. The van der Waals surface area contributed by atoms with Crippen LogP contribution in [0.5, 0.6) is 0 Å². The first-order chi connectivity index (χ1) is 10.8. The number of rotatable bonds is 4. The fourth-order valence-corrected chi connectivity index (χ4v) is 2.32. The number of anilines is 1. The SMILES string of the molecule is S=C(NCc1ccco1)Nc1ccc(-c2ccccc2)cc1. The molecular weight excluding hydrogens is 292 g/mol. The zero-order valence-corrected chi connectivity index (χ0v) is 12.8. The zero-order valence-electron chi connectivity index (χ0n) is 12.0. The Morgan fingerprint density at radius 2 is 1.59 bits per heavy atom. The third-order valence-electron chi connectivity index (χ3n) is 3.25.